The van der Waals surface area contributed by atoms with Crippen LogP contribution in [0.4, 0.5) is 0 Å². The van der Waals surface area contributed by atoms with Crippen LogP contribution in [0.15, 0.2) is 12.4 Å². The van der Waals surface area contributed by atoms with E-state index < -0.39 is 0 Å². The van der Waals surface area contributed by atoms with E-state index in [1.54, 1.807) is 0 Å². The van der Waals surface area contributed by atoms with Crippen molar-refractivity contribution in [1.29, 1.82) is 0 Å². The van der Waals surface area contributed by atoms with Gasteiger partial charge in [0.25, 0.3) is 0 Å². The maximum absolute atomic E-state index is 6.05. The van der Waals surface area contributed by atoms with Gasteiger partial charge in [-0.3, -0.25) is 4.68 Å². The highest BCUT2D eigenvalue weighted by Crippen LogP contribution is 2.10. The molecular weight excluding hydrogens is 186 g/mol. The lowest BCUT2D eigenvalue weighted by Crippen LogP contribution is -2.21. The highest BCUT2D eigenvalue weighted by Gasteiger charge is 2.05. The van der Waals surface area contributed by atoms with Gasteiger partial charge in [0.1, 0.15) is 0 Å². The smallest absolute Gasteiger partial charge is 0.0521 e. The Morgan fingerprint density at radius 2 is 2.07 bits per heavy atom. The molecule has 0 saturated carbocycles. The molecular formula is C12H23N3. The van der Waals surface area contributed by atoms with Crippen LogP contribution in [-0.2, 0) is 13.5 Å². The summed E-state index contributed by atoms with van der Waals surface area (Å²) in [5.74, 6) is 0.759. The van der Waals surface area contributed by atoms with E-state index in [4.69, 9.17) is 5.73 Å². The summed E-state index contributed by atoms with van der Waals surface area (Å²) in [6.45, 7) is 4.49. The Labute approximate surface area is 92.7 Å². The Bertz CT molecular complexity index is 278. The maximum Gasteiger partial charge on any atom is 0.0521 e. The van der Waals surface area contributed by atoms with Crippen LogP contribution >= 0.6 is 0 Å². The van der Waals surface area contributed by atoms with Gasteiger partial charge in [0.05, 0.1) is 6.20 Å². The summed E-state index contributed by atoms with van der Waals surface area (Å²) < 4.78 is 1.84. The molecule has 3 nitrogen and oxygen atoms in total. The highest BCUT2D eigenvalue weighted by molar-refractivity contribution is 5.03. The van der Waals surface area contributed by atoms with Gasteiger partial charge < -0.3 is 5.73 Å². The first-order valence-corrected chi connectivity index (χ1v) is 5.81. The van der Waals surface area contributed by atoms with Crippen LogP contribution in [0.2, 0.25) is 0 Å². The van der Waals surface area contributed by atoms with Gasteiger partial charge in [-0.25, -0.2) is 0 Å². The third kappa shape index (κ3) is 4.98. The Hall–Kier alpha value is -0.830. The summed E-state index contributed by atoms with van der Waals surface area (Å²) in [4.78, 5) is 0. The van der Waals surface area contributed by atoms with E-state index in [-0.39, 0.29) is 0 Å². The third-order valence-electron chi connectivity index (χ3n) is 2.68. The van der Waals surface area contributed by atoms with E-state index in [0.717, 1.165) is 25.2 Å². The minimum atomic E-state index is 0.340. The SMILES string of the molecule is CC(C)CCC(N)CCc1cnn(C)c1. The van der Waals surface area contributed by atoms with Gasteiger partial charge in [-0.05, 0) is 37.2 Å². The predicted molar refractivity (Wildman–Crippen MR) is 63.6 cm³/mol. The van der Waals surface area contributed by atoms with Crippen molar-refractivity contribution in [2.45, 2.75) is 45.6 Å². The van der Waals surface area contributed by atoms with Crippen molar-refractivity contribution in [2.24, 2.45) is 18.7 Å². The second-order valence-corrected chi connectivity index (χ2v) is 4.79. The zero-order valence-electron chi connectivity index (χ0n) is 10.1. The minimum Gasteiger partial charge on any atom is -0.328 e. The zero-order valence-corrected chi connectivity index (χ0v) is 10.1. The quantitative estimate of drug-likeness (QED) is 0.780. The molecule has 0 aliphatic carbocycles. The largest absolute Gasteiger partial charge is 0.328 e. The first kappa shape index (κ1) is 12.2. The van der Waals surface area contributed by atoms with E-state index in [1.807, 2.05) is 17.9 Å². The second kappa shape index (κ2) is 5.91. The van der Waals surface area contributed by atoms with Crippen molar-refractivity contribution in [1.82, 2.24) is 9.78 Å². The van der Waals surface area contributed by atoms with Crippen molar-refractivity contribution in [2.75, 3.05) is 0 Å². The molecule has 86 valence electrons. The number of hydrogen-bond donors (Lipinski definition) is 1. The number of aryl methyl sites for hydroxylation is 2. The predicted octanol–water partition coefficient (Wildman–Crippen LogP) is 2.12. The minimum absolute atomic E-state index is 0.340. The van der Waals surface area contributed by atoms with E-state index >= 15 is 0 Å². The molecule has 0 aliphatic rings. The van der Waals surface area contributed by atoms with Gasteiger partial charge in [0.2, 0.25) is 0 Å². The molecule has 0 saturated heterocycles. The molecule has 1 aromatic heterocycles. The van der Waals surface area contributed by atoms with Gasteiger partial charge in [0.15, 0.2) is 0 Å². The monoisotopic (exact) mass is 209 g/mol. The molecule has 0 fully saturated rings. The Morgan fingerprint density at radius 1 is 1.33 bits per heavy atom. The molecule has 0 aromatic carbocycles. The van der Waals surface area contributed by atoms with Crippen LogP contribution in [0.3, 0.4) is 0 Å². The number of aromatic nitrogens is 2. The van der Waals surface area contributed by atoms with E-state index in [1.165, 1.54) is 12.0 Å². The molecule has 0 bridgehead atoms. The molecule has 0 amide bonds. The average molecular weight is 209 g/mol. The Morgan fingerprint density at radius 3 is 2.60 bits per heavy atom. The molecule has 3 heteroatoms. The summed E-state index contributed by atoms with van der Waals surface area (Å²) in [5, 5.41) is 4.14. The lowest BCUT2D eigenvalue weighted by atomic mass is 10.00. The molecule has 0 radical (unpaired) electrons. The number of nitrogens with zero attached hydrogens (tertiary/aromatic N) is 2. The highest BCUT2D eigenvalue weighted by atomic mass is 15.2. The fourth-order valence-electron chi connectivity index (χ4n) is 1.64. The van der Waals surface area contributed by atoms with Gasteiger partial charge in [-0.2, -0.15) is 5.10 Å². The van der Waals surface area contributed by atoms with Gasteiger partial charge in [0, 0.05) is 19.3 Å². The van der Waals surface area contributed by atoms with Crippen LogP contribution in [0.1, 0.15) is 38.7 Å². The molecule has 1 heterocycles. The van der Waals surface area contributed by atoms with Crippen LogP contribution in [0.5, 0.6) is 0 Å². The van der Waals surface area contributed by atoms with Crippen molar-refractivity contribution in [3.8, 4) is 0 Å². The van der Waals surface area contributed by atoms with Crippen LogP contribution in [0.25, 0.3) is 0 Å². The van der Waals surface area contributed by atoms with Crippen LogP contribution in [0, 0.1) is 5.92 Å². The maximum atomic E-state index is 6.05. The van der Waals surface area contributed by atoms with Gasteiger partial charge in [-0.1, -0.05) is 13.8 Å². The number of rotatable bonds is 6. The standard InChI is InChI=1S/C12H23N3/c1-10(2)4-6-12(13)7-5-11-8-14-15(3)9-11/h8-10,12H,4-7,13H2,1-3H3. The van der Waals surface area contributed by atoms with Gasteiger partial charge >= 0.3 is 0 Å². The lowest BCUT2D eigenvalue weighted by molar-refractivity contribution is 0.478. The topological polar surface area (TPSA) is 43.8 Å². The molecule has 1 rings (SSSR count). The van der Waals surface area contributed by atoms with Crippen LogP contribution < -0.4 is 5.73 Å². The Balaban J connectivity index is 2.19. The first-order chi connectivity index (χ1) is 7.08. The van der Waals surface area contributed by atoms with E-state index in [2.05, 4.69) is 25.1 Å². The number of hydrogen-bond acceptors (Lipinski definition) is 2. The molecule has 0 aliphatic heterocycles. The second-order valence-electron chi connectivity index (χ2n) is 4.79. The first-order valence-electron chi connectivity index (χ1n) is 5.81. The third-order valence-corrected chi connectivity index (χ3v) is 2.68. The van der Waals surface area contributed by atoms with Crippen molar-refractivity contribution >= 4 is 0 Å². The van der Waals surface area contributed by atoms with E-state index in [9.17, 15) is 0 Å². The summed E-state index contributed by atoms with van der Waals surface area (Å²) in [5.41, 5.74) is 7.34. The van der Waals surface area contributed by atoms with Crippen molar-refractivity contribution in [3.05, 3.63) is 18.0 Å². The molecule has 0 spiro atoms. The fraction of sp³-hybridized carbons (Fsp3) is 0.750. The molecule has 1 aromatic rings. The molecule has 1 unspecified atom stereocenters. The zero-order chi connectivity index (χ0) is 11.3. The van der Waals surface area contributed by atoms with Crippen molar-refractivity contribution < 1.29 is 0 Å². The fourth-order valence-corrected chi connectivity index (χ4v) is 1.64. The number of nitrogens with two attached hydrogens (primary N) is 1. The van der Waals surface area contributed by atoms with Gasteiger partial charge in [-0.15, -0.1) is 0 Å². The normalized spacial score (nSPS) is 13.4. The molecule has 2 N–H and O–H groups in total. The molecule has 1 atom stereocenters. The Kier molecular flexibility index (Phi) is 4.82. The lowest BCUT2D eigenvalue weighted by Gasteiger charge is -2.12. The van der Waals surface area contributed by atoms with Crippen molar-refractivity contribution in [3.63, 3.8) is 0 Å². The van der Waals surface area contributed by atoms with Crippen LogP contribution in [-0.4, -0.2) is 15.8 Å². The summed E-state index contributed by atoms with van der Waals surface area (Å²) in [6, 6.07) is 0.340. The van der Waals surface area contributed by atoms with E-state index in [0.29, 0.717) is 6.04 Å². The summed E-state index contributed by atoms with van der Waals surface area (Å²) in [7, 11) is 1.95. The molecule has 15 heavy (non-hydrogen) atoms. The summed E-state index contributed by atoms with van der Waals surface area (Å²) in [6.07, 6.45) is 8.47. The average Bonchev–Trinajstić information content (AvgIpc) is 2.58. The summed E-state index contributed by atoms with van der Waals surface area (Å²) >= 11 is 0.